The number of nitrogens with two attached hydrogens (primary N) is 1. The predicted molar refractivity (Wildman–Crippen MR) is 69.3 cm³/mol. The number of nitro groups is 1. The molecule has 1 aliphatic rings. The molecule has 1 heterocycles. The number of nitro benzene ring substituents is 1. The highest BCUT2D eigenvalue weighted by Gasteiger charge is 2.27. The average Bonchev–Trinajstić information content (AvgIpc) is 2.70. The molecule has 2 amide bonds. The number of urea groups is 1. The molecule has 8 heteroatoms. The smallest absolute Gasteiger partial charge is 0.320 e. The number of amides is 2. The summed E-state index contributed by atoms with van der Waals surface area (Å²) in [7, 11) is 1.72. The lowest BCUT2D eigenvalue weighted by atomic mass is 10.1. The lowest BCUT2D eigenvalue weighted by molar-refractivity contribution is -0.384. The van der Waals surface area contributed by atoms with Gasteiger partial charge in [-0.3, -0.25) is 16.0 Å². The van der Waals surface area contributed by atoms with Crippen LogP contribution in [0.3, 0.4) is 0 Å². The highest BCUT2D eigenvalue weighted by atomic mass is 16.6. The molecule has 1 aliphatic heterocycles. The monoisotopic (exact) mass is 265 g/mol. The zero-order chi connectivity index (χ0) is 14.0. The van der Waals surface area contributed by atoms with Gasteiger partial charge in [0.15, 0.2) is 0 Å². The Bertz CT molecular complexity index is 519. The molecule has 0 bridgehead atoms. The van der Waals surface area contributed by atoms with Crippen molar-refractivity contribution in [1.82, 2.24) is 9.80 Å². The van der Waals surface area contributed by atoms with Gasteiger partial charge in [0.1, 0.15) is 5.69 Å². The van der Waals surface area contributed by atoms with Gasteiger partial charge in [-0.25, -0.2) is 4.79 Å². The number of likely N-dealkylation sites (N-methyl/N-ethyl adjacent to an activating group) is 1. The molecule has 0 unspecified atom stereocenters. The van der Waals surface area contributed by atoms with Crippen molar-refractivity contribution in [2.24, 2.45) is 5.84 Å². The maximum atomic E-state index is 11.8. The first kappa shape index (κ1) is 13.1. The number of carbonyl (C=O) groups excluding carboxylic acids is 1. The average molecular weight is 265 g/mol. The number of nitrogens with one attached hydrogen (secondary N) is 1. The Balaban J connectivity index is 2.28. The van der Waals surface area contributed by atoms with Crippen molar-refractivity contribution >= 4 is 17.4 Å². The molecule has 1 aromatic rings. The lowest BCUT2D eigenvalue weighted by Gasteiger charge is -2.17. The van der Waals surface area contributed by atoms with Gasteiger partial charge in [0.25, 0.3) is 5.69 Å². The standard InChI is InChI=1S/C11H15N5O3/c1-14-5-6-15(11(14)17)7-8-3-2-4-9(16(18)19)10(8)13-12/h2-4,13H,5-7,12H2,1H3. The van der Waals surface area contributed by atoms with Crippen molar-refractivity contribution in [3.63, 3.8) is 0 Å². The van der Waals surface area contributed by atoms with Crippen LogP contribution < -0.4 is 11.3 Å². The minimum absolute atomic E-state index is 0.0884. The van der Waals surface area contributed by atoms with Crippen molar-refractivity contribution in [3.8, 4) is 0 Å². The molecule has 0 aliphatic carbocycles. The van der Waals surface area contributed by atoms with E-state index in [1.807, 2.05) is 0 Å². The second kappa shape index (κ2) is 5.11. The number of carbonyl (C=O) groups is 1. The highest BCUT2D eigenvalue weighted by molar-refractivity contribution is 5.77. The topological polar surface area (TPSA) is 105 Å². The molecule has 8 nitrogen and oxygen atoms in total. The van der Waals surface area contributed by atoms with E-state index >= 15 is 0 Å². The quantitative estimate of drug-likeness (QED) is 0.475. The molecule has 2 rings (SSSR count). The number of anilines is 1. The van der Waals surface area contributed by atoms with Gasteiger partial charge in [-0.1, -0.05) is 12.1 Å². The van der Waals surface area contributed by atoms with Gasteiger partial charge in [-0.2, -0.15) is 0 Å². The molecule has 1 fully saturated rings. The van der Waals surface area contributed by atoms with Gasteiger partial charge in [0.05, 0.1) is 4.92 Å². The summed E-state index contributed by atoms with van der Waals surface area (Å²) in [5, 5.41) is 10.9. The molecule has 19 heavy (non-hydrogen) atoms. The van der Waals surface area contributed by atoms with Crippen LogP contribution in [-0.4, -0.2) is 40.9 Å². The zero-order valence-electron chi connectivity index (χ0n) is 10.5. The predicted octanol–water partition coefficient (Wildman–Crippen LogP) is 0.748. The number of hydrogen-bond donors (Lipinski definition) is 2. The molecular formula is C11H15N5O3. The molecule has 3 N–H and O–H groups in total. The first-order valence-corrected chi connectivity index (χ1v) is 5.77. The summed E-state index contributed by atoms with van der Waals surface area (Å²) in [6.45, 7) is 1.55. The van der Waals surface area contributed by atoms with E-state index in [0.29, 0.717) is 25.2 Å². The summed E-state index contributed by atoms with van der Waals surface area (Å²) in [6, 6.07) is 4.58. The Morgan fingerprint density at radius 1 is 1.47 bits per heavy atom. The van der Waals surface area contributed by atoms with Gasteiger partial charge in [0.2, 0.25) is 0 Å². The number of rotatable bonds is 4. The van der Waals surface area contributed by atoms with Crippen molar-refractivity contribution in [3.05, 3.63) is 33.9 Å². The van der Waals surface area contributed by atoms with E-state index < -0.39 is 4.92 Å². The van der Waals surface area contributed by atoms with Crippen LogP contribution in [0.1, 0.15) is 5.56 Å². The van der Waals surface area contributed by atoms with E-state index in [1.54, 1.807) is 29.0 Å². The van der Waals surface area contributed by atoms with Crippen LogP contribution >= 0.6 is 0 Å². The van der Waals surface area contributed by atoms with Crippen molar-refractivity contribution < 1.29 is 9.72 Å². The van der Waals surface area contributed by atoms with Crippen LogP contribution in [0.5, 0.6) is 0 Å². The number of para-hydroxylation sites is 1. The molecule has 0 radical (unpaired) electrons. The van der Waals surface area contributed by atoms with E-state index in [1.165, 1.54) is 6.07 Å². The second-order valence-electron chi connectivity index (χ2n) is 4.34. The first-order chi connectivity index (χ1) is 9.04. The summed E-state index contributed by atoms with van der Waals surface area (Å²) in [4.78, 5) is 25.4. The summed E-state index contributed by atoms with van der Waals surface area (Å²) in [5.41, 5.74) is 3.13. The number of nitrogens with zero attached hydrogens (tertiary/aromatic N) is 3. The van der Waals surface area contributed by atoms with Gasteiger partial charge in [0, 0.05) is 38.3 Å². The molecule has 0 aromatic heterocycles. The third-order valence-electron chi connectivity index (χ3n) is 3.13. The Hall–Kier alpha value is -2.35. The fourth-order valence-electron chi connectivity index (χ4n) is 2.09. The normalized spacial score (nSPS) is 14.9. The van der Waals surface area contributed by atoms with Crippen molar-refractivity contribution in [2.75, 3.05) is 25.6 Å². The van der Waals surface area contributed by atoms with Gasteiger partial charge in [-0.05, 0) is 0 Å². The molecule has 0 atom stereocenters. The second-order valence-corrected chi connectivity index (χ2v) is 4.34. The van der Waals surface area contributed by atoms with E-state index in [2.05, 4.69) is 5.43 Å². The third kappa shape index (κ3) is 2.43. The number of hydrogen-bond acceptors (Lipinski definition) is 5. The molecule has 1 aromatic carbocycles. The lowest BCUT2D eigenvalue weighted by Crippen LogP contribution is -2.29. The number of hydrazine groups is 1. The van der Waals surface area contributed by atoms with Crippen LogP contribution in [0.25, 0.3) is 0 Å². The maximum absolute atomic E-state index is 11.8. The van der Waals surface area contributed by atoms with Crippen LogP contribution in [0, 0.1) is 10.1 Å². The number of nitrogen functional groups attached to an aromatic ring is 1. The Morgan fingerprint density at radius 2 is 2.21 bits per heavy atom. The summed E-state index contributed by atoms with van der Waals surface area (Å²) in [5.74, 6) is 5.36. The van der Waals surface area contributed by atoms with Crippen LogP contribution in [0.2, 0.25) is 0 Å². The zero-order valence-corrected chi connectivity index (χ0v) is 10.5. The van der Waals surface area contributed by atoms with Crippen molar-refractivity contribution in [2.45, 2.75) is 6.54 Å². The van der Waals surface area contributed by atoms with E-state index in [4.69, 9.17) is 5.84 Å². The van der Waals surface area contributed by atoms with Gasteiger partial charge in [-0.15, -0.1) is 0 Å². The molecule has 102 valence electrons. The van der Waals surface area contributed by atoms with E-state index in [0.717, 1.165) is 0 Å². The summed E-state index contributed by atoms with van der Waals surface area (Å²) >= 11 is 0. The fraction of sp³-hybridized carbons (Fsp3) is 0.364. The van der Waals surface area contributed by atoms with Crippen LogP contribution in [0.15, 0.2) is 18.2 Å². The fourth-order valence-corrected chi connectivity index (χ4v) is 2.09. The van der Waals surface area contributed by atoms with Gasteiger partial charge < -0.3 is 15.2 Å². The third-order valence-corrected chi connectivity index (χ3v) is 3.13. The summed E-state index contributed by atoms with van der Waals surface area (Å²) in [6.07, 6.45) is 0. The highest BCUT2D eigenvalue weighted by Crippen LogP contribution is 2.28. The number of benzene rings is 1. The van der Waals surface area contributed by atoms with E-state index in [9.17, 15) is 14.9 Å². The van der Waals surface area contributed by atoms with Crippen molar-refractivity contribution in [1.29, 1.82) is 0 Å². The SMILES string of the molecule is CN1CCN(Cc2cccc([N+](=O)[O-])c2NN)C1=O. The van der Waals surface area contributed by atoms with Crippen LogP contribution in [-0.2, 0) is 6.54 Å². The van der Waals surface area contributed by atoms with E-state index in [-0.39, 0.29) is 17.4 Å². The molecule has 0 spiro atoms. The Labute approximate surface area is 109 Å². The maximum Gasteiger partial charge on any atom is 0.320 e. The Kier molecular flexibility index (Phi) is 3.52. The minimum atomic E-state index is -0.503. The minimum Gasteiger partial charge on any atom is -0.326 e. The Morgan fingerprint density at radius 3 is 2.74 bits per heavy atom. The van der Waals surface area contributed by atoms with Gasteiger partial charge >= 0.3 is 6.03 Å². The largest absolute Gasteiger partial charge is 0.326 e. The molecular weight excluding hydrogens is 250 g/mol. The molecule has 0 saturated carbocycles. The molecule has 1 saturated heterocycles. The van der Waals surface area contributed by atoms with Crippen LogP contribution in [0.4, 0.5) is 16.2 Å². The summed E-state index contributed by atoms with van der Waals surface area (Å²) < 4.78 is 0. The first-order valence-electron chi connectivity index (χ1n) is 5.77.